The van der Waals surface area contributed by atoms with Gasteiger partial charge in [-0.2, -0.15) is 0 Å². The Labute approximate surface area is 157 Å². The van der Waals surface area contributed by atoms with Gasteiger partial charge >= 0.3 is 11.8 Å². The van der Waals surface area contributed by atoms with E-state index in [9.17, 15) is 9.59 Å². The summed E-state index contributed by atoms with van der Waals surface area (Å²) in [6.45, 7) is 0. The highest BCUT2D eigenvalue weighted by molar-refractivity contribution is 6.48. The molecule has 0 aliphatic carbocycles. The van der Waals surface area contributed by atoms with Crippen molar-refractivity contribution in [1.29, 1.82) is 0 Å². The summed E-state index contributed by atoms with van der Waals surface area (Å²) in [7, 11) is 0. The van der Waals surface area contributed by atoms with Crippen LogP contribution in [0.25, 0.3) is 0 Å². The molecule has 0 atom stereocenters. The molecule has 0 aliphatic heterocycles. The summed E-state index contributed by atoms with van der Waals surface area (Å²) in [6, 6.07) is 5.53. The Kier molecular flexibility index (Phi) is 5.66. The van der Waals surface area contributed by atoms with E-state index in [-0.39, 0.29) is 31.5 Å². The number of hydrogen-bond acceptors (Lipinski definition) is 4. The number of rotatable bonds is 2. The van der Waals surface area contributed by atoms with E-state index in [1.807, 2.05) is 0 Å². The van der Waals surface area contributed by atoms with E-state index in [0.29, 0.717) is 11.4 Å². The van der Waals surface area contributed by atoms with Crippen molar-refractivity contribution in [2.24, 2.45) is 0 Å². The fourth-order valence-corrected chi connectivity index (χ4v) is 2.96. The standard InChI is InChI=1S/C14H10Cl4N4O2/c15-7-1-5(19)2-8(16)11(7)21-13(23)14(24)22-12-9(17)3-6(20)4-10(12)18/h1-4H,19-20H2,(H,21,23)(H,22,24). The van der Waals surface area contributed by atoms with Gasteiger partial charge in [0.05, 0.1) is 31.5 Å². The molecule has 0 spiro atoms. The quantitative estimate of drug-likeness (QED) is 0.444. The molecule has 0 saturated heterocycles. The smallest absolute Gasteiger partial charge is 0.314 e. The van der Waals surface area contributed by atoms with Crippen LogP contribution in [0.2, 0.25) is 20.1 Å². The van der Waals surface area contributed by atoms with Gasteiger partial charge in [0.2, 0.25) is 0 Å². The molecule has 10 heteroatoms. The first kappa shape index (κ1) is 18.5. The highest BCUT2D eigenvalue weighted by Crippen LogP contribution is 2.34. The third-order valence-electron chi connectivity index (χ3n) is 2.81. The first-order valence-electron chi connectivity index (χ1n) is 6.30. The molecular weight excluding hydrogens is 398 g/mol. The molecule has 0 aromatic heterocycles. The van der Waals surface area contributed by atoms with Crippen LogP contribution in [0.4, 0.5) is 22.7 Å². The third kappa shape index (κ3) is 4.15. The largest absolute Gasteiger partial charge is 0.399 e. The molecule has 2 aromatic carbocycles. The Hall–Kier alpha value is -1.86. The normalized spacial score (nSPS) is 10.3. The van der Waals surface area contributed by atoms with E-state index in [1.54, 1.807) is 0 Å². The minimum atomic E-state index is -1.02. The zero-order chi connectivity index (χ0) is 18.0. The van der Waals surface area contributed by atoms with Crippen LogP contribution in [-0.4, -0.2) is 11.8 Å². The SMILES string of the molecule is Nc1cc(Cl)c(NC(=O)C(=O)Nc2c(Cl)cc(N)cc2Cl)c(Cl)c1. The summed E-state index contributed by atoms with van der Waals surface area (Å²) in [5.74, 6) is -2.04. The minimum absolute atomic E-state index is 0.0576. The summed E-state index contributed by atoms with van der Waals surface area (Å²) in [5, 5.41) is 4.94. The van der Waals surface area contributed by atoms with Gasteiger partial charge in [0.1, 0.15) is 0 Å². The third-order valence-corrected chi connectivity index (χ3v) is 4.00. The number of halogens is 4. The summed E-state index contributed by atoms with van der Waals surface area (Å²) >= 11 is 23.8. The van der Waals surface area contributed by atoms with Crippen LogP contribution >= 0.6 is 46.4 Å². The highest BCUT2D eigenvalue weighted by atomic mass is 35.5. The molecule has 24 heavy (non-hydrogen) atoms. The molecule has 2 aromatic rings. The van der Waals surface area contributed by atoms with Gasteiger partial charge in [-0.25, -0.2) is 0 Å². The van der Waals surface area contributed by atoms with Crippen molar-refractivity contribution < 1.29 is 9.59 Å². The first-order chi connectivity index (χ1) is 11.2. The molecule has 0 radical (unpaired) electrons. The van der Waals surface area contributed by atoms with E-state index >= 15 is 0 Å². The van der Waals surface area contributed by atoms with Gasteiger partial charge in [-0.15, -0.1) is 0 Å². The van der Waals surface area contributed by atoms with Crippen LogP contribution in [0, 0.1) is 0 Å². The van der Waals surface area contributed by atoms with Crippen molar-refractivity contribution >= 4 is 81.0 Å². The number of amides is 2. The van der Waals surface area contributed by atoms with Crippen molar-refractivity contribution in [3.8, 4) is 0 Å². The van der Waals surface area contributed by atoms with Crippen LogP contribution in [0.1, 0.15) is 0 Å². The molecule has 6 N–H and O–H groups in total. The Morgan fingerprint density at radius 3 is 1.17 bits per heavy atom. The molecular formula is C14H10Cl4N4O2. The predicted molar refractivity (Wildman–Crippen MR) is 99.0 cm³/mol. The highest BCUT2D eigenvalue weighted by Gasteiger charge is 2.20. The van der Waals surface area contributed by atoms with E-state index in [4.69, 9.17) is 57.9 Å². The molecule has 0 aliphatic rings. The molecule has 2 rings (SSSR count). The van der Waals surface area contributed by atoms with Crippen LogP contribution in [0.15, 0.2) is 24.3 Å². The monoisotopic (exact) mass is 406 g/mol. The number of nitrogen functional groups attached to an aromatic ring is 2. The lowest BCUT2D eigenvalue weighted by atomic mass is 10.2. The van der Waals surface area contributed by atoms with E-state index in [0.717, 1.165) is 0 Å². The summed E-state index contributed by atoms with van der Waals surface area (Å²) < 4.78 is 0. The maximum Gasteiger partial charge on any atom is 0.314 e. The second-order valence-electron chi connectivity index (χ2n) is 4.63. The van der Waals surface area contributed by atoms with Crippen molar-refractivity contribution in [2.45, 2.75) is 0 Å². The lowest BCUT2D eigenvalue weighted by Gasteiger charge is -2.12. The number of benzene rings is 2. The second kappa shape index (κ2) is 7.36. The van der Waals surface area contributed by atoms with Crippen molar-refractivity contribution in [1.82, 2.24) is 0 Å². The number of nitrogens with two attached hydrogens (primary N) is 2. The summed E-state index contributed by atoms with van der Waals surface area (Å²) in [6.07, 6.45) is 0. The second-order valence-corrected chi connectivity index (χ2v) is 6.26. The molecule has 0 bridgehead atoms. The molecule has 0 unspecified atom stereocenters. The number of anilines is 4. The van der Waals surface area contributed by atoms with Gasteiger partial charge in [-0.05, 0) is 24.3 Å². The Balaban J connectivity index is 2.19. The first-order valence-corrected chi connectivity index (χ1v) is 7.81. The molecule has 2 amide bonds. The maximum atomic E-state index is 12.0. The van der Waals surface area contributed by atoms with Gasteiger partial charge in [0, 0.05) is 11.4 Å². The van der Waals surface area contributed by atoms with Gasteiger partial charge in [-0.3, -0.25) is 9.59 Å². The van der Waals surface area contributed by atoms with E-state index in [2.05, 4.69) is 10.6 Å². The number of carbonyl (C=O) groups is 2. The van der Waals surface area contributed by atoms with E-state index in [1.165, 1.54) is 24.3 Å². The number of hydrogen-bond donors (Lipinski definition) is 4. The number of nitrogens with one attached hydrogen (secondary N) is 2. The molecule has 0 fully saturated rings. The van der Waals surface area contributed by atoms with Gasteiger partial charge in [0.25, 0.3) is 0 Å². The van der Waals surface area contributed by atoms with Gasteiger partial charge < -0.3 is 22.1 Å². The Morgan fingerprint density at radius 1 is 0.667 bits per heavy atom. The molecule has 126 valence electrons. The Morgan fingerprint density at radius 2 is 0.917 bits per heavy atom. The van der Waals surface area contributed by atoms with Crippen LogP contribution in [0.5, 0.6) is 0 Å². The van der Waals surface area contributed by atoms with Crippen LogP contribution in [0.3, 0.4) is 0 Å². The molecule has 0 saturated carbocycles. The molecule has 0 heterocycles. The minimum Gasteiger partial charge on any atom is -0.399 e. The van der Waals surface area contributed by atoms with Crippen molar-refractivity contribution in [3.63, 3.8) is 0 Å². The Bertz CT molecular complexity index is 726. The van der Waals surface area contributed by atoms with Crippen molar-refractivity contribution in [2.75, 3.05) is 22.1 Å². The predicted octanol–water partition coefficient (Wildman–Crippen LogP) is 4.04. The van der Waals surface area contributed by atoms with Crippen molar-refractivity contribution in [3.05, 3.63) is 44.4 Å². The number of carbonyl (C=O) groups excluding carboxylic acids is 2. The van der Waals surface area contributed by atoms with Gasteiger partial charge in [0.15, 0.2) is 0 Å². The average Bonchev–Trinajstić information content (AvgIpc) is 2.46. The maximum absolute atomic E-state index is 12.0. The zero-order valence-corrected chi connectivity index (χ0v) is 14.8. The van der Waals surface area contributed by atoms with E-state index < -0.39 is 11.8 Å². The summed E-state index contributed by atoms with van der Waals surface area (Å²) in [4.78, 5) is 24.0. The topological polar surface area (TPSA) is 110 Å². The summed E-state index contributed by atoms with van der Waals surface area (Å²) in [5.41, 5.74) is 11.9. The van der Waals surface area contributed by atoms with Gasteiger partial charge in [-0.1, -0.05) is 46.4 Å². The van der Waals surface area contributed by atoms with Crippen LogP contribution < -0.4 is 22.1 Å². The zero-order valence-electron chi connectivity index (χ0n) is 11.8. The van der Waals surface area contributed by atoms with Crippen LogP contribution in [-0.2, 0) is 9.59 Å². The fourth-order valence-electron chi connectivity index (χ4n) is 1.76. The lowest BCUT2D eigenvalue weighted by molar-refractivity contribution is -0.132. The average molecular weight is 408 g/mol. The fraction of sp³-hybridized carbons (Fsp3) is 0. The molecule has 6 nitrogen and oxygen atoms in total. The lowest BCUT2D eigenvalue weighted by Crippen LogP contribution is -2.29.